The second kappa shape index (κ2) is 5.75. The number of nitrogens with zero attached hydrogens (tertiary/aromatic N) is 2. The Kier molecular flexibility index (Phi) is 4.06. The Hall–Kier alpha value is -2.01. The Bertz CT molecular complexity index is 596. The number of nitrogens with one attached hydrogen (secondary N) is 1. The van der Waals surface area contributed by atoms with Gasteiger partial charge in [0.05, 0.1) is 0 Å². The Balaban J connectivity index is 2.31. The molecule has 0 aliphatic rings. The summed E-state index contributed by atoms with van der Waals surface area (Å²) >= 11 is 4.97. The van der Waals surface area contributed by atoms with Gasteiger partial charge in [-0.1, -0.05) is 38.2 Å². The van der Waals surface area contributed by atoms with Crippen LogP contribution in [0.1, 0.15) is 31.0 Å². The summed E-state index contributed by atoms with van der Waals surface area (Å²) in [6.07, 6.45) is 3.18. The fourth-order valence-electron chi connectivity index (χ4n) is 1.72. The maximum Gasteiger partial charge on any atom is 0.159 e. The van der Waals surface area contributed by atoms with Gasteiger partial charge in [-0.2, -0.15) is 0 Å². The van der Waals surface area contributed by atoms with Crippen molar-refractivity contribution in [1.82, 2.24) is 9.97 Å². The number of rotatable bonds is 4. The Labute approximate surface area is 118 Å². The van der Waals surface area contributed by atoms with E-state index in [4.69, 9.17) is 18.0 Å². The first kappa shape index (κ1) is 13.4. The lowest BCUT2D eigenvalue weighted by Gasteiger charge is -2.11. The van der Waals surface area contributed by atoms with Gasteiger partial charge in [-0.25, -0.2) is 9.97 Å². The number of hydrogen-bond acceptors (Lipinski definition) is 4. The van der Waals surface area contributed by atoms with Crippen LogP contribution in [0.4, 0.5) is 11.5 Å². The molecule has 0 amide bonds. The Morgan fingerprint density at radius 3 is 2.68 bits per heavy atom. The molecule has 2 aromatic rings. The van der Waals surface area contributed by atoms with Crippen molar-refractivity contribution in [3.63, 3.8) is 0 Å². The molecule has 0 atom stereocenters. The molecule has 0 spiro atoms. The summed E-state index contributed by atoms with van der Waals surface area (Å²) in [4.78, 5) is 8.60. The minimum absolute atomic E-state index is 0.232. The summed E-state index contributed by atoms with van der Waals surface area (Å²) in [7, 11) is 0. The zero-order chi connectivity index (χ0) is 13.8. The summed E-state index contributed by atoms with van der Waals surface area (Å²) in [5, 5.41) is 3.21. The van der Waals surface area contributed by atoms with Crippen LogP contribution in [-0.4, -0.2) is 15.0 Å². The third kappa shape index (κ3) is 3.26. The molecule has 5 heteroatoms. The van der Waals surface area contributed by atoms with Crippen molar-refractivity contribution in [2.45, 2.75) is 19.8 Å². The van der Waals surface area contributed by atoms with Crippen molar-refractivity contribution < 1.29 is 0 Å². The van der Waals surface area contributed by atoms with Gasteiger partial charge in [0.2, 0.25) is 0 Å². The first-order chi connectivity index (χ1) is 9.08. The second-order valence-corrected chi connectivity index (χ2v) is 4.96. The molecule has 0 radical (unpaired) electrons. The average Bonchev–Trinajstić information content (AvgIpc) is 2.39. The van der Waals surface area contributed by atoms with E-state index in [0.717, 1.165) is 5.69 Å². The highest BCUT2D eigenvalue weighted by Gasteiger charge is 2.08. The van der Waals surface area contributed by atoms with Gasteiger partial charge in [0.1, 0.15) is 10.7 Å². The van der Waals surface area contributed by atoms with Crippen molar-refractivity contribution in [3.05, 3.63) is 47.9 Å². The second-order valence-electron chi connectivity index (χ2n) is 4.52. The average molecular weight is 272 g/mol. The van der Waals surface area contributed by atoms with Crippen molar-refractivity contribution in [2.75, 3.05) is 5.32 Å². The molecule has 0 saturated carbocycles. The standard InChI is InChI=1S/C14H16N4S/c1-9(2)10-4-3-5-11(8-10)18-14-12(13(15)19)16-6-7-17-14/h3-9H,1-2H3,(H2,15,19)(H,17,18). The SMILES string of the molecule is CC(C)c1cccc(Nc2nccnc2C(N)=S)c1. The number of hydrogen-bond donors (Lipinski definition) is 2. The van der Waals surface area contributed by atoms with Crippen molar-refractivity contribution in [1.29, 1.82) is 0 Å². The summed E-state index contributed by atoms with van der Waals surface area (Å²) in [6.45, 7) is 4.31. The quantitative estimate of drug-likeness (QED) is 0.838. The van der Waals surface area contributed by atoms with E-state index in [1.165, 1.54) is 5.56 Å². The molecular weight excluding hydrogens is 256 g/mol. The Morgan fingerprint density at radius 2 is 2.00 bits per heavy atom. The first-order valence-corrected chi connectivity index (χ1v) is 6.46. The van der Waals surface area contributed by atoms with E-state index in [2.05, 4.69) is 41.3 Å². The van der Waals surface area contributed by atoms with E-state index < -0.39 is 0 Å². The van der Waals surface area contributed by atoms with Crippen LogP contribution in [-0.2, 0) is 0 Å². The third-order valence-corrected chi connectivity index (χ3v) is 2.94. The van der Waals surface area contributed by atoms with Crippen LogP contribution in [0.3, 0.4) is 0 Å². The maximum atomic E-state index is 5.64. The molecule has 0 aliphatic carbocycles. The van der Waals surface area contributed by atoms with Crippen LogP contribution in [0.15, 0.2) is 36.7 Å². The lowest BCUT2D eigenvalue weighted by Crippen LogP contribution is -2.14. The largest absolute Gasteiger partial charge is 0.388 e. The Morgan fingerprint density at radius 1 is 1.26 bits per heavy atom. The van der Waals surface area contributed by atoms with E-state index in [1.807, 2.05) is 12.1 Å². The highest BCUT2D eigenvalue weighted by Crippen LogP contribution is 2.22. The highest BCUT2D eigenvalue weighted by molar-refractivity contribution is 7.80. The monoisotopic (exact) mass is 272 g/mol. The van der Waals surface area contributed by atoms with E-state index in [9.17, 15) is 0 Å². The molecule has 2 rings (SSSR count). The smallest absolute Gasteiger partial charge is 0.159 e. The molecule has 0 aliphatic heterocycles. The van der Waals surface area contributed by atoms with Gasteiger partial charge in [-0.15, -0.1) is 0 Å². The zero-order valence-electron chi connectivity index (χ0n) is 10.9. The predicted molar refractivity (Wildman–Crippen MR) is 81.7 cm³/mol. The fraction of sp³-hybridized carbons (Fsp3) is 0.214. The summed E-state index contributed by atoms with van der Waals surface area (Å²) < 4.78 is 0. The zero-order valence-corrected chi connectivity index (χ0v) is 11.7. The summed E-state index contributed by atoms with van der Waals surface area (Å²) in [5.41, 5.74) is 8.35. The van der Waals surface area contributed by atoms with Gasteiger partial charge >= 0.3 is 0 Å². The number of benzene rings is 1. The molecule has 0 fully saturated rings. The molecule has 1 heterocycles. The van der Waals surface area contributed by atoms with Gasteiger partial charge in [0.25, 0.3) is 0 Å². The van der Waals surface area contributed by atoms with Crippen molar-refractivity contribution in [3.8, 4) is 0 Å². The highest BCUT2D eigenvalue weighted by atomic mass is 32.1. The van der Waals surface area contributed by atoms with Gasteiger partial charge in [0.15, 0.2) is 5.82 Å². The number of nitrogens with two attached hydrogens (primary N) is 1. The van der Waals surface area contributed by atoms with Gasteiger partial charge < -0.3 is 11.1 Å². The van der Waals surface area contributed by atoms with Crippen LogP contribution >= 0.6 is 12.2 Å². The lowest BCUT2D eigenvalue weighted by molar-refractivity contribution is 0.867. The van der Waals surface area contributed by atoms with Crippen LogP contribution < -0.4 is 11.1 Å². The fourth-order valence-corrected chi connectivity index (χ4v) is 1.87. The van der Waals surface area contributed by atoms with Crippen LogP contribution in [0, 0.1) is 0 Å². The van der Waals surface area contributed by atoms with E-state index in [0.29, 0.717) is 17.4 Å². The van der Waals surface area contributed by atoms with Crippen LogP contribution in [0.25, 0.3) is 0 Å². The molecule has 98 valence electrons. The molecule has 0 bridgehead atoms. The summed E-state index contributed by atoms with van der Waals surface area (Å²) in [5.74, 6) is 1.05. The number of anilines is 2. The normalized spacial score (nSPS) is 10.5. The molecule has 1 aromatic carbocycles. The number of aromatic nitrogens is 2. The van der Waals surface area contributed by atoms with Crippen LogP contribution in [0.2, 0.25) is 0 Å². The minimum atomic E-state index is 0.232. The molecule has 0 saturated heterocycles. The summed E-state index contributed by atoms with van der Waals surface area (Å²) in [6, 6.07) is 8.17. The predicted octanol–water partition coefficient (Wildman–Crippen LogP) is 2.98. The minimum Gasteiger partial charge on any atom is -0.388 e. The first-order valence-electron chi connectivity index (χ1n) is 6.05. The van der Waals surface area contributed by atoms with E-state index >= 15 is 0 Å². The number of thiocarbonyl (C=S) groups is 1. The van der Waals surface area contributed by atoms with Gasteiger partial charge in [0, 0.05) is 18.1 Å². The van der Waals surface area contributed by atoms with E-state index in [1.54, 1.807) is 12.4 Å². The molecule has 19 heavy (non-hydrogen) atoms. The van der Waals surface area contributed by atoms with Crippen LogP contribution in [0.5, 0.6) is 0 Å². The molecule has 1 aromatic heterocycles. The molecule has 0 unspecified atom stereocenters. The van der Waals surface area contributed by atoms with Gasteiger partial charge in [-0.3, -0.25) is 0 Å². The molecule has 4 nitrogen and oxygen atoms in total. The maximum absolute atomic E-state index is 5.64. The third-order valence-electron chi connectivity index (χ3n) is 2.75. The molecule has 3 N–H and O–H groups in total. The van der Waals surface area contributed by atoms with Crippen molar-refractivity contribution >= 4 is 28.7 Å². The molecular formula is C14H16N4S. The lowest BCUT2D eigenvalue weighted by atomic mass is 10.0. The van der Waals surface area contributed by atoms with Crippen molar-refractivity contribution in [2.24, 2.45) is 5.73 Å². The topological polar surface area (TPSA) is 63.8 Å². The van der Waals surface area contributed by atoms with Gasteiger partial charge in [-0.05, 0) is 23.6 Å². The van der Waals surface area contributed by atoms with E-state index in [-0.39, 0.29) is 4.99 Å².